The second-order valence-corrected chi connectivity index (χ2v) is 6.21. The Bertz CT molecular complexity index is 528. The Balaban J connectivity index is 2.94. The lowest BCUT2D eigenvalue weighted by molar-refractivity contribution is -0.0423. The van der Waals surface area contributed by atoms with Gasteiger partial charge in [0.05, 0.1) is 6.26 Å². The van der Waals surface area contributed by atoms with E-state index in [2.05, 4.69) is 0 Å². The summed E-state index contributed by atoms with van der Waals surface area (Å²) in [6.07, 6.45) is 4.94. The Morgan fingerprint density at radius 2 is 2.00 bits per heavy atom. The minimum atomic E-state index is -5.29. The number of hydrogen-bond donors (Lipinski definition) is 0. The highest BCUT2D eigenvalue weighted by Crippen LogP contribution is 2.30. The molecule has 114 valence electrons. The summed E-state index contributed by atoms with van der Waals surface area (Å²) in [4.78, 5) is 0. The van der Waals surface area contributed by atoms with Crippen molar-refractivity contribution in [1.82, 2.24) is 0 Å². The van der Waals surface area contributed by atoms with Gasteiger partial charge in [0.2, 0.25) is 0 Å². The van der Waals surface area contributed by atoms with Gasteiger partial charge in [-0.25, -0.2) is 8.42 Å². The zero-order chi connectivity index (χ0) is 15.2. The molecular formula is C13H17F3O3S. The van der Waals surface area contributed by atoms with E-state index < -0.39 is 15.3 Å². The summed E-state index contributed by atoms with van der Waals surface area (Å²) in [6, 6.07) is 2.97. The SMILES string of the molecule is CCCCCC/C(=C/S(=O)(=O)C(F)(F)F)c1ccco1. The number of halogens is 3. The molecule has 20 heavy (non-hydrogen) atoms. The van der Waals surface area contributed by atoms with E-state index in [4.69, 9.17) is 4.42 Å². The van der Waals surface area contributed by atoms with Crippen LogP contribution in [0.15, 0.2) is 28.2 Å². The average molecular weight is 310 g/mol. The van der Waals surface area contributed by atoms with Gasteiger partial charge in [0.25, 0.3) is 9.84 Å². The number of furan rings is 1. The molecule has 1 aromatic rings. The summed E-state index contributed by atoms with van der Waals surface area (Å²) in [5.41, 5.74) is -5.22. The van der Waals surface area contributed by atoms with Gasteiger partial charge >= 0.3 is 5.51 Å². The van der Waals surface area contributed by atoms with Crippen LogP contribution in [-0.4, -0.2) is 13.9 Å². The molecule has 1 heterocycles. The first-order chi connectivity index (χ1) is 9.28. The fraction of sp³-hybridized carbons (Fsp3) is 0.538. The molecular weight excluding hydrogens is 293 g/mol. The first-order valence-electron chi connectivity index (χ1n) is 6.33. The van der Waals surface area contributed by atoms with Gasteiger partial charge in [0.15, 0.2) is 0 Å². The third kappa shape index (κ3) is 4.70. The van der Waals surface area contributed by atoms with Gasteiger partial charge in [-0.1, -0.05) is 26.2 Å². The van der Waals surface area contributed by atoms with Gasteiger partial charge in [0.1, 0.15) is 5.76 Å². The van der Waals surface area contributed by atoms with E-state index in [0.29, 0.717) is 6.42 Å². The molecule has 0 saturated heterocycles. The van der Waals surface area contributed by atoms with Gasteiger partial charge in [0, 0.05) is 11.0 Å². The first kappa shape index (κ1) is 16.8. The third-order valence-corrected chi connectivity index (χ3v) is 4.00. The summed E-state index contributed by atoms with van der Waals surface area (Å²) in [5.74, 6) is 0.161. The topological polar surface area (TPSA) is 47.3 Å². The third-order valence-electron chi connectivity index (χ3n) is 2.76. The Morgan fingerprint density at radius 3 is 2.50 bits per heavy atom. The summed E-state index contributed by atoms with van der Waals surface area (Å²) in [7, 11) is -5.29. The molecule has 0 aliphatic carbocycles. The highest BCUT2D eigenvalue weighted by molar-refractivity contribution is 7.95. The summed E-state index contributed by atoms with van der Waals surface area (Å²) < 4.78 is 64.7. The van der Waals surface area contributed by atoms with Crippen molar-refractivity contribution >= 4 is 15.4 Å². The molecule has 0 spiro atoms. The van der Waals surface area contributed by atoms with E-state index in [-0.39, 0.29) is 23.2 Å². The average Bonchev–Trinajstić information content (AvgIpc) is 2.85. The van der Waals surface area contributed by atoms with Gasteiger partial charge in [-0.3, -0.25) is 0 Å². The van der Waals surface area contributed by atoms with Crippen LogP contribution in [0.3, 0.4) is 0 Å². The molecule has 1 rings (SSSR count). The van der Waals surface area contributed by atoms with Crippen molar-refractivity contribution in [1.29, 1.82) is 0 Å². The van der Waals surface area contributed by atoms with Crippen molar-refractivity contribution in [3.8, 4) is 0 Å². The Labute approximate surface area is 116 Å². The predicted molar refractivity (Wildman–Crippen MR) is 70.4 cm³/mol. The maximum absolute atomic E-state index is 12.4. The van der Waals surface area contributed by atoms with Crippen molar-refractivity contribution in [2.75, 3.05) is 0 Å². The van der Waals surface area contributed by atoms with Gasteiger partial charge in [-0.15, -0.1) is 0 Å². The van der Waals surface area contributed by atoms with Crippen LogP contribution < -0.4 is 0 Å². The molecule has 0 N–H and O–H groups in total. The fourth-order valence-electron chi connectivity index (χ4n) is 1.70. The van der Waals surface area contributed by atoms with Crippen LogP contribution in [0.1, 0.15) is 44.8 Å². The highest BCUT2D eigenvalue weighted by atomic mass is 32.2. The van der Waals surface area contributed by atoms with Crippen LogP contribution in [-0.2, 0) is 9.84 Å². The molecule has 1 aromatic heterocycles. The summed E-state index contributed by atoms with van der Waals surface area (Å²) >= 11 is 0. The smallest absolute Gasteiger partial charge is 0.465 e. The molecule has 0 unspecified atom stereocenters. The first-order valence-corrected chi connectivity index (χ1v) is 7.88. The number of rotatable bonds is 7. The molecule has 0 atom stereocenters. The molecule has 0 bridgehead atoms. The van der Waals surface area contributed by atoms with Crippen LogP contribution in [0.2, 0.25) is 0 Å². The zero-order valence-electron chi connectivity index (χ0n) is 11.1. The van der Waals surface area contributed by atoms with Crippen molar-refractivity contribution < 1.29 is 26.0 Å². The van der Waals surface area contributed by atoms with E-state index in [1.807, 2.05) is 6.92 Å². The summed E-state index contributed by atoms with van der Waals surface area (Å²) in [5, 5.41) is 0.276. The van der Waals surface area contributed by atoms with E-state index in [1.54, 1.807) is 0 Å². The molecule has 0 amide bonds. The van der Waals surface area contributed by atoms with Crippen molar-refractivity contribution in [2.24, 2.45) is 0 Å². The van der Waals surface area contributed by atoms with E-state index in [0.717, 1.165) is 19.3 Å². The van der Waals surface area contributed by atoms with Crippen LogP contribution in [0.4, 0.5) is 13.2 Å². The minimum absolute atomic E-state index is 0.0587. The Morgan fingerprint density at radius 1 is 1.30 bits per heavy atom. The minimum Gasteiger partial charge on any atom is -0.465 e. The number of hydrogen-bond acceptors (Lipinski definition) is 3. The van der Waals surface area contributed by atoms with Crippen molar-refractivity contribution in [2.45, 2.75) is 44.5 Å². The lowest BCUT2D eigenvalue weighted by Crippen LogP contribution is -2.20. The molecule has 7 heteroatoms. The van der Waals surface area contributed by atoms with E-state index >= 15 is 0 Å². The quantitative estimate of drug-likeness (QED) is 0.695. The Kier molecular flexibility index (Phi) is 5.86. The number of sulfone groups is 1. The van der Waals surface area contributed by atoms with E-state index in [9.17, 15) is 21.6 Å². The standard InChI is InChI=1S/C13H17F3O3S/c1-2-3-4-5-7-11(12-8-6-9-19-12)10-20(17,18)13(14,15)16/h6,8-10H,2-5,7H2,1H3/b11-10-. The normalized spacial score (nSPS) is 13.7. The van der Waals surface area contributed by atoms with Crippen molar-refractivity contribution in [3.05, 3.63) is 29.6 Å². The molecule has 3 nitrogen and oxygen atoms in total. The maximum Gasteiger partial charge on any atom is 0.501 e. The van der Waals surface area contributed by atoms with Crippen molar-refractivity contribution in [3.63, 3.8) is 0 Å². The Hall–Kier alpha value is -1.24. The van der Waals surface area contributed by atoms with Crippen LogP contribution >= 0.6 is 0 Å². The second-order valence-electron chi connectivity index (χ2n) is 4.42. The monoisotopic (exact) mass is 310 g/mol. The predicted octanol–water partition coefficient (Wildman–Crippen LogP) is 4.53. The van der Waals surface area contributed by atoms with Gasteiger partial charge < -0.3 is 4.42 Å². The molecule has 0 aliphatic heterocycles. The fourth-order valence-corrected chi connectivity index (χ4v) is 2.44. The van der Waals surface area contributed by atoms with Gasteiger partial charge in [-0.2, -0.15) is 13.2 Å². The lowest BCUT2D eigenvalue weighted by atomic mass is 10.1. The van der Waals surface area contributed by atoms with Gasteiger partial charge in [-0.05, 0) is 25.0 Å². The van der Waals surface area contributed by atoms with Crippen LogP contribution in [0, 0.1) is 0 Å². The van der Waals surface area contributed by atoms with Crippen LogP contribution in [0.25, 0.3) is 5.57 Å². The number of unbranched alkanes of at least 4 members (excludes halogenated alkanes) is 3. The lowest BCUT2D eigenvalue weighted by Gasteiger charge is -2.08. The number of alkyl halides is 3. The molecule has 0 saturated carbocycles. The molecule has 0 radical (unpaired) electrons. The largest absolute Gasteiger partial charge is 0.501 e. The van der Waals surface area contributed by atoms with Crippen LogP contribution in [0.5, 0.6) is 0 Å². The number of allylic oxidation sites excluding steroid dienone is 1. The molecule has 0 fully saturated rings. The zero-order valence-corrected chi connectivity index (χ0v) is 11.9. The van der Waals surface area contributed by atoms with E-state index in [1.165, 1.54) is 18.4 Å². The molecule has 0 aromatic carbocycles. The maximum atomic E-state index is 12.4. The molecule has 0 aliphatic rings. The second kappa shape index (κ2) is 6.97. The summed E-state index contributed by atoms with van der Waals surface area (Å²) in [6.45, 7) is 2.01. The highest BCUT2D eigenvalue weighted by Gasteiger charge is 2.44.